The molecule has 5 rings (SSSR count). The first-order valence-electron chi connectivity index (χ1n) is 12.9. The molecule has 39 heavy (non-hydrogen) atoms. The molecule has 1 aliphatic rings. The minimum Gasteiger partial charge on any atom is -0.507 e. The summed E-state index contributed by atoms with van der Waals surface area (Å²) in [4.78, 5) is 32.0. The van der Waals surface area contributed by atoms with Gasteiger partial charge in [0.2, 0.25) is 0 Å². The molecular weight excluding hydrogens is 492 g/mol. The number of aromatic nitrogens is 1. The standard InChI is InChI=1S/C32H32N2O5/c1-6-39-21-14-12-20(13-15-21)34-28(24-18-33-25-10-8-7-9-22(24)25)27(30(36)31(34)37)29(35)23-17-19(32(2,3)4)11-16-26(23)38-5/h7-18,28,33,35H,6H2,1-5H3/b29-27+. The van der Waals surface area contributed by atoms with Crippen LogP contribution in [0.2, 0.25) is 0 Å². The minimum absolute atomic E-state index is 0.00277. The highest BCUT2D eigenvalue weighted by Gasteiger charge is 2.48. The van der Waals surface area contributed by atoms with Crippen molar-refractivity contribution in [2.75, 3.05) is 18.6 Å². The van der Waals surface area contributed by atoms with E-state index < -0.39 is 17.7 Å². The average Bonchev–Trinajstić information content (AvgIpc) is 3.46. The molecule has 0 bridgehead atoms. The molecule has 200 valence electrons. The molecule has 1 aromatic heterocycles. The maximum Gasteiger partial charge on any atom is 0.300 e. The van der Waals surface area contributed by atoms with E-state index in [1.54, 1.807) is 36.5 Å². The number of nitrogens with one attached hydrogen (secondary N) is 1. The van der Waals surface area contributed by atoms with Crippen LogP contribution in [0.25, 0.3) is 16.7 Å². The molecule has 1 amide bonds. The molecule has 0 spiro atoms. The Morgan fingerprint density at radius 3 is 2.41 bits per heavy atom. The van der Waals surface area contributed by atoms with E-state index in [-0.39, 0.29) is 16.7 Å². The van der Waals surface area contributed by atoms with Crippen LogP contribution in [0.3, 0.4) is 0 Å². The van der Waals surface area contributed by atoms with Crippen molar-refractivity contribution in [3.05, 3.63) is 95.2 Å². The molecule has 0 radical (unpaired) electrons. The van der Waals surface area contributed by atoms with Gasteiger partial charge in [-0.2, -0.15) is 0 Å². The first kappa shape index (κ1) is 26.1. The highest BCUT2D eigenvalue weighted by molar-refractivity contribution is 6.52. The second-order valence-electron chi connectivity index (χ2n) is 10.6. The summed E-state index contributed by atoms with van der Waals surface area (Å²) < 4.78 is 11.1. The van der Waals surface area contributed by atoms with E-state index in [4.69, 9.17) is 9.47 Å². The van der Waals surface area contributed by atoms with Gasteiger partial charge in [0.05, 0.1) is 30.9 Å². The molecular formula is C32H32N2O5. The molecule has 1 saturated heterocycles. The number of Topliss-reactive ketones (excluding diaryl/α,β-unsaturated/α-hetero) is 1. The number of amides is 1. The van der Waals surface area contributed by atoms with E-state index in [9.17, 15) is 14.7 Å². The van der Waals surface area contributed by atoms with Crippen molar-refractivity contribution in [2.24, 2.45) is 0 Å². The van der Waals surface area contributed by atoms with Crippen LogP contribution in [-0.4, -0.2) is 35.5 Å². The van der Waals surface area contributed by atoms with Crippen LogP contribution in [0, 0.1) is 0 Å². The first-order valence-corrected chi connectivity index (χ1v) is 12.9. The number of ketones is 1. The highest BCUT2D eigenvalue weighted by atomic mass is 16.5. The van der Waals surface area contributed by atoms with E-state index >= 15 is 0 Å². The lowest BCUT2D eigenvalue weighted by molar-refractivity contribution is -0.132. The van der Waals surface area contributed by atoms with E-state index in [1.807, 2.05) is 43.3 Å². The predicted octanol–water partition coefficient (Wildman–Crippen LogP) is 6.50. The van der Waals surface area contributed by atoms with Crippen molar-refractivity contribution in [3.63, 3.8) is 0 Å². The number of aliphatic hydroxyl groups excluding tert-OH is 1. The molecule has 7 nitrogen and oxygen atoms in total. The van der Waals surface area contributed by atoms with Gasteiger partial charge < -0.3 is 19.6 Å². The molecule has 7 heteroatoms. The van der Waals surface area contributed by atoms with Crippen molar-refractivity contribution in [2.45, 2.75) is 39.2 Å². The fourth-order valence-electron chi connectivity index (χ4n) is 5.09. The summed E-state index contributed by atoms with van der Waals surface area (Å²) in [6.45, 7) is 8.60. The largest absolute Gasteiger partial charge is 0.507 e. The number of carbonyl (C=O) groups is 2. The Morgan fingerprint density at radius 2 is 1.74 bits per heavy atom. The number of aromatic amines is 1. The lowest BCUT2D eigenvalue weighted by Gasteiger charge is -2.25. The third-order valence-corrected chi connectivity index (χ3v) is 7.11. The van der Waals surface area contributed by atoms with Crippen molar-refractivity contribution < 1.29 is 24.2 Å². The van der Waals surface area contributed by atoms with E-state index in [1.165, 1.54) is 12.0 Å². The van der Waals surface area contributed by atoms with Crippen LogP contribution in [-0.2, 0) is 15.0 Å². The number of nitrogens with zero attached hydrogens (tertiary/aromatic N) is 1. The van der Waals surface area contributed by atoms with Gasteiger partial charge in [-0.3, -0.25) is 14.5 Å². The van der Waals surface area contributed by atoms with Gasteiger partial charge in [0.1, 0.15) is 17.3 Å². The lowest BCUT2D eigenvalue weighted by atomic mass is 9.85. The van der Waals surface area contributed by atoms with Gasteiger partial charge >= 0.3 is 0 Å². The van der Waals surface area contributed by atoms with Crippen LogP contribution in [0.5, 0.6) is 11.5 Å². The number of methoxy groups -OCH3 is 1. The number of hydrogen-bond acceptors (Lipinski definition) is 5. The number of H-pyrrole nitrogens is 1. The topological polar surface area (TPSA) is 91.9 Å². The maximum absolute atomic E-state index is 13.7. The van der Waals surface area contributed by atoms with E-state index in [0.29, 0.717) is 34.9 Å². The predicted molar refractivity (Wildman–Crippen MR) is 152 cm³/mol. The molecule has 1 unspecified atom stereocenters. The van der Waals surface area contributed by atoms with E-state index in [0.717, 1.165) is 16.5 Å². The van der Waals surface area contributed by atoms with Crippen LogP contribution < -0.4 is 14.4 Å². The Kier molecular flexibility index (Phi) is 6.68. The Balaban J connectivity index is 1.77. The Labute approximate surface area is 227 Å². The Hall–Kier alpha value is -4.52. The van der Waals surface area contributed by atoms with Crippen molar-refractivity contribution in [3.8, 4) is 11.5 Å². The van der Waals surface area contributed by atoms with Crippen LogP contribution >= 0.6 is 0 Å². The maximum atomic E-state index is 13.7. The molecule has 0 aliphatic carbocycles. The van der Waals surface area contributed by atoms with Gasteiger partial charge in [-0.05, 0) is 60.4 Å². The zero-order chi connectivity index (χ0) is 27.9. The second-order valence-corrected chi connectivity index (χ2v) is 10.6. The number of rotatable bonds is 6. The molecule has 0 saturated carbocycles. The molecule has 2 N–H and O–H groups in total. The minimum atomic E-state index is -0.873. The summed E-state index contributed by atoms with van der Waals surface area (Å²) in [6, 6.07) is 19.4. The lowest BCUT2D eigenvalue weighted by Crippen LogP contribution is -2.29. The smallest absolute Gasteiger partial charge is 0.300 e. The average molecular weight is 525 g/mol. The number of ether oxygens (including phenoxy) is 2. The number of carbonyl (C=O) groups excluding carboxylic acids is 2. The normalized spacial score (nSPS) is 17.2. The third-order valence-electron chi connectivity index (χ3n) is 7.11. The molecule has 1 atom stereocenters. The number of para-hydroxylation sites is 1. The van der Waals surface area contributed by atoms with Gasteiger partial charge in [-0.1, -0.05) is 45.0 Å². The summed E-state index contributed by atoms with van der Waals surface area (Å²) in [6.07, 6.45) is 1.79. The molecule has 4 aromatic rings. The number of benzene rings is 3. The molecule has 2 heterocycles. The Morgan fingerprint density at radius 1 is 1.03 bits per heavy atom. The number of anilines is 1. The van der Waals surface area contributed by atoms with Gasteiger partial charge in [-0.15, -0.1) is 0 Å². The summed E-state index contributed by atoms with van der Waals surface area (Å²) in [5.74, 6) is -0.697. The summed E-state index contributed by atoms with van der Waals surface area (Å²) >= 11 is 0. The summed E-state index contributed by atoms with van der Waals surface area (Å²) in [5, 5.41) is 12.6. The SMILES string of the molecule is CCOc1ccc(N2C(=O)C(=O)/C(=C(/O)c3cc(C(C)(C)C)ccc3OC)C2c2c[nH]c3ccccc23)cc1. The molecule has 3 aromatic carbocycles. The van der Waals surface area contributed by atoms with Crippen molar-refractivity contribution in [1.29, 1.82) is 0 Å². The quantitative estimate of drug-likeness (QED) is 0.171. The first-order chi connectivity index (χ1) is 18.7. The van der Waals surface area contributed by atoms with Crippen molar-refractivity contribution in [1.82, 2.24) is 4.98 Å². The van der Waals surface area contributed by atoms with Crippen molar-refractivity contribution >= 4 is 34.0 Å². The zero-order valence-corrected chi connectivity index (χ0v) is 22.7. The summed E-state index contributed by atoms with van der Waals surface area (Å²) in [5.41, 5.74) is 3.18. The highest BCUT2D eigenvalue weighted by Crippen LogP contribution is 2.45. The van der Waals surface area contributed by atoms with Gasteiger partial charge in [0.25, 0.3) is 11.7 Å². The van der Waals surface area contributed by atoms with Crippen LogP contribution in [0.1, 0.15) is 50.4 Å². The van der Waals surface area contributed by atoms with Gasteiger partial charge in [0, 0.05) is 28.4 Å². The second kappa shape index (κ2) is 9.98. The van der Waals surface area contributed by atoms with Gasteiger partial charge in [-0.25, -0.2) is 0 Å². The zero-order valence-electron chi connectivity index (χ0n) is 22.7. The number of hydrogen-bond donors (Lipinski definition) is 2. The fraction of sp³-hybridized carbons (Fsp3) is 0.250. The van der Waals surface area contributed by atoms with Gasteiger partial charge in [0.15, 0.2) is 0 Å². The number of fused-ring (bicyclic) bond motifs is 1. The van der Waals surface area contributed by atoms with Crippen LogP contribution in [0.15, 0.2) is 78.5 Å². The number of aliphatic hydroxyl groups is 1. The fourth-order valence-corrected chi connectivity index (χ4v) is 5.09. The van der Waals surface area contributed by atoms with Crippen LogP contribution in [0.4, 0.5) is 5.69 Å². The third kappa shape index (κ3) is 4.54. The summed E-state index contributed by atoms with van der Waals surface area (Å²) in [7, 11) is 1.51. The Bertz CT molecular complexity index is 1590. The molecule has 1 fully saturated rings. The molecule has 1 aliphatic heterocycles. The monoisotopic (exact) mass is 524 g/mol. The van der Waals surface area contributed by atoms with E-state index in [2.05, 4.69) is 25.8 Å².